The summed E-state index contributed by atoms with van der Waals surface area (Å²) in [5.41, 5.74) is 2.16. The molecule has 0 unspecified atom stereocenters. The Hall–Kier alpha value is -2.62. The highest BCUT2D eigenvalue weighted by molar-refractivity contribution is 6.35. The maximum atomic E-state index is 13.2. The molecule has 4 aromatic rings. The predicted molar refractivity (Wildman–Crippen MR) is 107 cm³/mol. The van der Waals surface area contributed by atoms with Crippen molar-refractivity contribution in [1.29, 1.82) is 0 Å². The van der Waals surface area contributed by atoms with Gasteiger partial charge in [0.15, 0.2) is 0 Å². The summed E-state index contributed by atoms with van der Waals surface area (Å²) >= 11 is 12.4. The molecule has 3 aromatic carbocycles. The highest BCUT2D eigenvalue weighted by Gasteiger charge is 2.15. The molecule has 0 radical (unpaired) electrons. The topological polar surface area (TPSA) is 34.9 Å². The summed E-state index contributed by atoms with van der Waals surface area (Å²) in [7, 11) is 0. The van der Waals surface area contributed by atoms with E-state index in [4.69, 9.17) is 28.2 Å². The van der Waals surface area contributed by atoms with Gasteiger partial charge in [-0.25, -0.2) is 4.98 Å². The number of hydrogen-bond donors (Lipinski definition) is 0. The summed E-state index contributed by atoms with van der Waals surface area (Å²) in [6.45, 7) is 0. The standard InChI is InChI=1S/C21H14Cl2N2O/c22-15-10-11-19(17(23)13-15)25-20(12-14-6-2-1-3-7-14)24-18-9-5-4-8-16(18)21(25)26/h1-11,13H,12H2. The fourth-order valence-corrected chi connectivity index (χ4v) is 3.48. The fourth-order valence-electron chi connectivity index (χ4n) is 2.99. The zero-order valence-corrected chi connectivity index (χ0v) is 15.2. The van der Waals surface area contributed by atoms with Gasteiger partial charge in [-0.3, -0.25) is 9.36 Å². The molecule has 0 saturated heterocycles. The zero-order chi connectivity index (χ0) is 18.1. The third-order valence-electron chi connectivity index (χ3n) is 4.20. The molecule has 5 heteroatoms. The molecule has 0 aliphatic heterocycles. The first-order valence-electron chi connectivity index (χ1n) is 8.13. The van der Waals surface area contributed by atoms with Gasteiger partial charge >= 0.3 is 0 Å². The van der Waals surface area contributed by atoms with E-state index in [1.54, 1.807) is 28.8 Å². The van der Waals surface area contributed by atoms with Gasteiger partial charge in [-0.1, -0.05) is 65.7 Å². The molecule has 0 bridgehead atoms. The number of hydrogen-bond acceptors (Lipinski definition) is 2. The maximum Gasteiger partial charge on any atom is 0.266 e. The summed E-state index contributed by atoms with van der Waals surface area (Å²) in [6, 6.07) is 22.3. The second kappa shape index (κ2) is 6.94. The highest BCUT2D eigenvalue weighted by Crippen LogP contribution is 2.25. The molecule has 128 valence electrons. The average molecular weight is 381 g/mol. The van der Waals surface area contributed by atoms with Gasteiger partial charge in [0.1, 0.15) is 5.82 Å². The average Bonchev–Trinajstić information content (AvgIpc) is 2.64. The molecule has 0 spiro atoms. The molecule has 0 saturated carbocycles. The van der Waals surface area contributed by atoms with Crippen LogP contribution in [0.3, 0.4) is 0 Å². The van der Waals surface area contributed by atoms with Crippen molar-refractivity contribution in [3.63, 3.8) is 0 Å². The van der Waals surface area contributed by atoms with Gasteiger partial charge in [0.25, 0.3) is 5.56 Å². The molecule has 0 aliphatic carbocycles. The molecule has 0 atom stereocenters. The monoisotopic (exact) mass is 380 g/mol. The van der Waals surface area contributed by atoms with Crippen molar-refractivity contribution < 1.29 is 0 Å². The van der Waals surface area contributed by atoms with Crippen LogP contribution < -0.4 is 5.56 Å². The van der Waals surface area contributed by atoms with Gasteiger partial charge in [0.2, 0.25) is 0 Å². The molecule has 0 aliphatic rings. The van der Waals surface area contributed by atoms with Crippen LogP contribution in [0, 0.1) is 0 Å². The van der Waals surface area contributed by atoms with Crippen molar-refractivity contribution in [3.8, 4) is 5.69 Å². The minimum Gasteiger partial charge on any atom is -0.268 e. The second-order valence-corrected chi connectivity index (χ2v) is 6.79. The summed E-state index contributed by atoms with van der Waals surface area (Å²) < 4.78 is 1.58. The van der Waals surface area contributed by atoms with Crippen LogP contribution in [0.5, 0.6) is 0 Å². The summed E-state index contributed by atoms with van der Waals surface area (Å²) in [5.74, 6) is 0.629. The van der Waals surface area contributed by atoms with E-state index in [0.717, 1.165) is 5.56 Å². The maximum absolute atomic E-state index is 13.2. The Morgan fingerprint density at radius 1 is 0.885 bits per heavy atom. The summed E-state index contributed by atoms with van der Waals surface area (Å²) in [5, 5.41) is 1.48. The van der Waals surface area contributed by atoms with E-state index in [0.29, 0.717) is 38.9 Å². The largest absolute Gasteiger partial charge is 0.268 e. The van der Waals surface area contributed by atoms with Crippen LogP contribution in [0.15, 0.2) is 77.6 Å². The van der Waals surface area contributed by atoms with Crippen LogP contribution in [0.1, 0.15) is 11.4 Å². The number of fused-ring (bicyclic) bond motifs is 1. The Balaban J connectivity index is 2.01. The molecular formula is C21H14Cl2N2O. The number of halogens is 2. The summed E-state index contributed by atoms with van der Waals surface area (Å²) in [6.07, 6.45) is 0.514. The number of rotatable bonds is 3. The van der Waals surface area contributed by atoms with E-state index in [9.17, 15) is 4.79 Å². The molecule has 0 N–H and O–H groups in total. The zero-order valence-electron chi connectivity index (χ0n) is 13.7. The van der Waals surface area contributed by atoms with Gasteiger partial charge in [-0.2, -0.15) is 0 Å². The lowest BCUT2D eigenvalue weighted by molar-refractivity contribution is 0.850. The molecule has 26 heavy (non-hydrogen) atoms. The molecule has 1 heterocycles. The Labute approximate surface area is 160 Å². The Bertz CT molecular complexity index is 1150. The van der Waals surface area contributed by atoms with Gasteiger partial charge in [-0.05, 0) is 35.9 Å². The molecule has 3 nitrogen and oxygen atoms in total. The van der Waals surface area contributed by atoms with Crippen LogP contribution >= 0.6 is 23.2 Å². The van der Waals surface area contributed by atoms with E-state index in [2.05, 4.69) is 0 Å². The predicted octanol–water partition coefficient (Wildman–Crippen LogP) is 5.28. The van der Waals surface area contributed by atoms with Gasteiger partial charge in [0.05, 0.1) is 21.6 Å². The van der Waals surface area contributed by atoms with E-state index in [-0.39, 0.29) is 5.56 Å². The Morgan fingerprint density at radius 2 is 1.62 bits per heavy atom. The van der Waals surface area contributed by atoms with Crippen molar-refractivity contribution in [1.82, 2.24) is 9.55 Å². The molecule has 0 fully saturated rings. The first-order chi connectivity index (χ1) is 12.6. The normalized spacial score (nSPS) is 11.0. The number of aromatic nitrogens is 2. The van der Waals surface area contributed by atoms with Crippen molar-refractivity contribution in [2.75, 3.05) is 0 Å². The van der Waals surface area contributed by atoms with E-state index >= 15 is 0 Å². The molecule has 0 amide bonds. The molecule has 1 aromatic heterocycles. The van der Waals surface area contributed by atoms with Crippen LogP contribution in [-0.4, -0.2) is 9.55 Å². The summed E-state index contributed by atoms with van der Waals surface area (Å²) in [4.78, 5) is 18.0. The van der Waals surface area contributed by atoms with Gasteiger partial charge in [-0.15, -0.1) is 0 Å². The SMILES string of the molecule is O=c1c2ccccc2nc(Cc2ccccc2)n1-c1ccc(Cl)cc1Cl. The van der Waals surface area contributed by atoms with Gasteiger partial charge < -0.3 is 0 Å². The van der Waals surface area contributed by atoms with Crippen molar-refractivity contribution in [2.45, 2.75) is 6.42 Å². The number of para-hydroxylation sites is 1. The van der Waals surface area contributed by atoms with E-state index in [1.807, 2.05) is 48.5 Å². The minimum absolute atomic E-state index is 0.147. The fraction of sp³-hybridized carbons (Fsp3) is 0.0476. The van der Waals surface area contributed by atoms with Crippen LogP contribution in [0.4, 0.5) is 0 Å². The first kappa shape index (κ1) is 16.8. The first-order valence-corrected chi connectivity index (χ1v) is 8.89. The van der Waals surface area contributed by atoms with Crippen LogP contribution in [0.2, 0.25) is 10.0 Å². The molecule has 4 rings (SSSR count). The highest BCUT2D eigenvalue weighted by atomic mass is 35.5. The minimum atomic E-state index is -0.147. The Morgan fingerprint density at radius 3 is 2.38 bits per heavy atom. The smallest absolute Gasteiger partial charge is 0.266 e. The second-order valence-electron chi connectivity index (χ2n) is 5.94. The third kappa shape index (κ3) is 3.12. The van der Waals surface area contributed by atoms with E-state index < -0.39 is 0 Å². The number of nitrogens with zero attached hydrogens (tertiary/aromatic N) is 2. The lowest BCUT2D eigenvalue weighted by Gasteiger charge is -2.15. The Kier molecular flexibility index (Phi) is 4.49. The van der Waals surface area contributed by atoms with Crippen molar-refractivity contribution >= 4 is 34.1 Å². The quantitative estimate of drug-likeness (QED) is 0.484. The number of benzene rings is 3. The van der Waals surface area contributed by atoms with Crippen molar-refractivity contribution in [3.05, 3.63) is 105 Å². The van der Waals surface area contributed by atoms with Crippen molar-refractivity contribution in [2.24, 2.45) is 0 Å². The van der Waals surface area contributed by atoms with Gasteiger partial charge in [0, 0.05) is 11.4 Å². The van der Waals surface area contributed by atoms with E-state index in [1.165, 1.54) is 0 Å². The van der Waals surface area contributed by atoms with Crippen LogP contribution in [-0.2, 0) is 6.42 Å². The lowest BCUT2D eigenvalue weighted by atomic mass is 10.1. The van der Waals surface area contributed by atoms with Crippen LogP contribution in [0.25, 0.3) is 16.6 Å². The molecular weight excluding hydrogens is 367 g/mol. The lowest BCUT2D eigenvalue weighted by Crippen LogP contribution is -2.24. The third-order valence-corrected chi connectivity index (χ3v) is 4.74.